The number of nitrogens with zero attached hydrogens (tertiary/aromatic N) is 2. The third kappa shape index (κ3) is 3.20. The Hall–Kier alpha value is -1.61. The number of hydrogen-bond donors (Lipinski definition) is 1. The van der Waals surface area contributed by atoms with Crippen LogP contribution in [0.4, 0.5) is 0 Å². The van der Waals surface area contributed by atoms with E-state index in [0.29, 0.717) is 6.04 Å². The molecule has 0 radical (unpaired) electrons. The lowest BCUT2D eigenvalue weighted by atomic mass is 10.2. The molecule has 0 bridgehead atoms. The van der Waals surface area contributed by atoms with E-state index >= 15 is 0 Å². The van der Waals surface area contributed by atoms with Crippen molar-refractivity contribution < 1.29 is 0 Å². The molecule has 2 aromatic heterocycles. The van der Waals surface area contributed by atoms with Gasteiger partial charge in [0.1, 0.15) is 0 Å². The molecular formula is C15H21N3. The van der Waals surface area contributed by atoms with Gasteiger partial charge in [0.2, 0.25) is 0 Å². The van der Waals surface area contributed by atoms with E-state index in [1.165, 1.54) is 16.7 Å². The molecule has 1 atom stereocenters. The summed E-state index contributed by atoms with van der Waals surface area (Å²) in [6.45, 7) is 8.27. The largest absolute Gasteiger partial charge is 0.350 e. The van der Waals surface area contributed by atoms with Crippen LogP contribution < -0.4 is 5.32 Å². The molecule has 0 saturated heterocycles. The monoisotopic (exact) mass is 243 g/mol. The average molecular weight is 243 g/mol. The normalized spacial score (nSPS) is 12.6. The summed E-state index contributed by atoms with van der Waals surface area (Å²) in [5, 5.41) is 3.42. The summed E-state index contributed by atoms with van der Waals surface area (Å²) < 4.78 is 2.21. The summed E-state index contributed by atoms with van der Waals surface area (Å²) >= 11 is 0. The van der Waals surface area contributed by atoms with Crippen molar-refractivity contribution in [3.8, 4) is 0 Å². The van der Waals surface area contributed by atoms with E-state index in [-0.39, 0.29) is 0 Å². The Bertz CT molecular complexity index is 502. The number of rotatable bonds is 5. The highest BCUT2D eigenvalue weighted by molar-refractivity contribution is 5.19. The van der Waals surface area contributed by atoms with Crippen LogP contribution in [0.5, 0.6) is 0 Å². The molecule has 18 heavy (non-hydrogen) atoms. The van der Waals surface area contributed by atoms with Gasteiger partial charge in [-0.1, -0.05) is 13.0 Å². The molecule has 3 heteroatoms. The van der Waals surface area contributed by atoms with Crippen molar-refractivity contribution in [2.45, 2.75) is 33.4 Å². The molecule has 0 aliphatic carbocycles. The number of aromatic nitrogens is 2. The molecule has 96 valence electrons. The zero-order valence-corrected chi connectivity index (χ0v) is 11.4. The minimum absolute atomic E-state index is 0.409. The second kappa shape index (κ2) is 5.83. The Morgan fingerprint density at radius 1 is 1.39 bits per heavy atom. The molecule has 0 saturated carbocycles. The number of hydrogen-bond acceptors (Lipinski definition) is 2. The predicted molar refractivity (Wildman–Crippen MR) is 74.6 cm³/mol. The topological polar surface area (TPSA) is 29.9 Å². The van der Waals surface area contributed by atoms with E-state index in [2.05, 4.69) is 60.2 Å². The molecular weight excluding hydrogens is 222 g/mol. The first-order valence-electron chi connectivity index (χ1n) is 6.48. The maximum atomic E-state index is 4.23. The second-order valence-electron chi connectivity index (χ2n) is 4.77. The van der Waals surface area contributed by atoms with Gasteiger partial charge in [-0.2, -0.15) is 0 Å². The van der Waals surface area contributed by atoms with Gasteiger partial charge in [-0.15, -0.1) is 0 Å². The van der Waals surface area contributed by atoms with Crippen LogP contribution in [0.2, 0.25) is 0 Å². The van der Waals surface area contributed by atoms with E-state index in [0.717, 1.165) is 13.1 Å². The van der Waals surface area contributed by atoms with Crippen LogP contribution in [0.15, 0.2) is 36.9 Å². The summed E-state index contributed by atoms with van der Waals surface area (Å²) in [6, 6.07) is 4.77. The van der Waals surface area contributed by atoms with Crippen molar-refractivity contribution in [1.29, 1.82) is 0 Å². The summed E-state index contributed by atoms with van der Waals surface area (Å²) in [5.41, 5.74) is 3.78. The lowest BCUT2D eigenvalue weighted by Crippen LogP contribution is -2.17. The molecule has 2 heterocycles. The lowest BCUT2D eigenvalue weighted by Gasteiger charge is -2.10. The van der Waals surface area contributed by atoms with Gasteiger partial charge >= 0.3 is 0 Å². The molecule has 0 aromatic carbocycles. The van der Waals surface area contributed by atoms with Crippen LogP contribution in [0, 0.1) is 6.92 Å². The van der Waals surface area contributed by atoms with E-state index in [9.17, 15) is 0 Å². The Labute approximate surface area is 109 Å². The minimum atomic E-state index is 0.409. The maximum Gasteiger partial charge on any atom is 0.0485 e. The van der Waals surface area contributed by atoms with Crippen LogP contribution in [-0.2, 0) is 6.54 Å². The molecule has 1 N–H and O–H groups in total. The Balaban J connectivity index is 2.06. The smallest absolute Gasteiger partial charge is 0.0485 e. The van der Waals surface area contributed by atoms with Gasteiger partial charge in [-0.3, -0.25) is 4.98 Å². The molecule has 0 aliphatic rings. The van der Waals surface area contributed by atoms with E-state index in [1.54, 1.807) is 0 Å². The zero-order chi connectivity index (χ0) is 13.0. The van der Waals surface area contributed by atoms with Gasteiger partial charge in [-0.25, -0.2) is 0 Å². The number of nitrogens with one attached hydrogen (secondary N) is 1. The third-order valence-electron chi connectivity index (χ3n) is 3.08. The van der Waals surface area contributed by atoms with Crippen molar-refractivity contribution in [1.82, 2.24) is 14.9 Å². The van der Waals surface area contributed by atoms with Gasteiger partial charge in [0, 0.05) is 37.4 Å². The molecule has 0 spiro atoms. The quantitative estimate of drug-likeness (QED) is 0.875. The van der Waals surface area contributed by atoms with E-state index in [1.807, 2.05) is 12.4 Å². The minimum Gasteiger partial charge on any atom is -0.350 e. The van der Waals surface area contributed by atoms with Gasteiger partial charge in [0.05, 0.1) is 0 Å². The lowest BCUT2D eigenvalue weighted by molar-refractivity contribution is 0.596. The van der Waals surface area contributed by atoms with Gasteiger partial charge in [0.15, 0.2) is 0 Å². The van der Waals surface area contributed by atoms with Gasteiger partial charge in [-0.05, 0) is 43.1 Å². The van der Waals surface area contributed by atoms with E-state index < -0.39 is 0 Å². The summed E-state index contributed by atoms with van der Waals surface area (Å²) in [7, 11) is 0. The molecule has 3 nitrogen and oxygen atoms in total. The van der Waals surface area contributed by atoms with E-state index in [4.69, 9.17) is 0 Å². The summed E-state index contributed by atoms with van der Waals surface area (Å²) in [5.74, 6) is 0. The summed E-state index contributed by atoms with van der Waals surface area (Å²) in [6.07, 6.45) is 8.15. The van der Waals surface area contributed by atoms with Crippen LogP contribution in [0.25, 0.3) is 0 Å². The molecule has 2 rings (SSSR count). The predicted octanol–water partition coefficient (Wildman–Crippen LogP) is 2.91. The third-order valence-corrected chi connectivity index (χ3v) is 3.08. The van der Waals surface area contributed by atoms with Crippen molar-refractivity contribution in [3.05, 3.63) is 53.6 Å². The average Bonchev–Trinajstić information content (AvgIpc) is 2.78. The Kier molecular flexibility index (Phi) is 4.15. The number of aryl methyl sites for hydroxylation is 1. The van der Waals surface area contributed by atoms with Gasteiger partial charge in [0.25, 0.3) is 0 Å². The van der Waals surface area contributed by atoms with Crippen molar-refractivity contribution in [2.24, 2.45) is 0 Å². The Morgan fingerprint density at radius 2 is 2.22 bits per heavy atom. The summed E-state index contributed by atoms with van der Waals surface area (Å²) in [4.78, 5) is 4.23. The maximum absolute atomic E-state index is 4.23. The fourth-order valence-electron chi connectivity index (χ4n) is 2.15. The fourth-order valence-corrected chi connectivity index (χ4v) is 2.15. The fraction of sp³-hybridized carbons (Fsp3) is 0.400. The zero-order valence-electron chi connectivity index (χ0n) is 11.4. The van der Waals surface area contributed by atoms with Crippen molar-refractivity contribution in [3.63, 3.8) is 0 Å². The SMILES string of the molecule is CCNC(C)c1ccn(Cc2cncc(C)c2)c1. The molecule has 2 aromatic rings. The first-order chi connectivity index (χ1) is 8.69. The highest BCUT2D eigenvalue weighted by atomic mass is 15.0. The highest BCUT2D eigenvalue weighted by Crippen LogP contribution is 2.13. The number of pyridine rings is 1. The van der Waals surface area contributed by atoms with Crippen molar-refractivity contribution >= 4 is 0 Å². The molecule has 0 aliphatic heterocycles. The van der Waals surface area contributed by atoms with Crippen LogP contribution in [0.3, 0.4) is 0 Å². The van der Waals surface area contributed by atoms with Crippen LogP contribution in [0.1, 0.15) is 36.6 Å². The van der Waals surface area contributed by atoms with Crippen molar-refractivity contribution in [2.75, 3.05) is 6.54 Å². The standard InChI is InChI=1S/C15H21N3/c1-4-17-13(3)15-5-6-18(11-15)10-14-7-12(2)8-16-9-14/h5-9,11,13,17H,4,10H2,1-3H3. The van der Waals surface area contributed by atoms with Crippen LogP contribution >= 0.6 is 0 Å². The molecule has 1 unspecified atom stereocenters. The van der Waals surface area contributed by atoms with Gasteiger partial charge < -0.3 is 9.88 Å². The molecule has 0 fully saturated rings. The second-order valence-corrected chi connectivity index (χ2v) is 4.77. The molecule has 0 amide bonds. The van der Waals surface area contributed by atoms with Crippen LogP contribution in [-0.4, -0.2) is 16.1 Å². The first-order valence-corrected chi connectivity index (χ1v) is 6.48. The first kappa shape index (κ1) is 12.8. The highest BCUT2D eigenvalue weighted by Gasteiger charge is 2.05. The Morgan fingerprint density at radius 3 is 2.94 bits per heavy atom.